The molecule has 0 radical (unpaired) electrons. The highest BCUT2D eigenvalue weighted by Gasteiger charge is 2.10. The number of esters is 1. The Morgan fingerprint density at radius 1 is 1.62 bits per heavy atom. The van der Waals surface area contributed by atoms with E-state index >= 15 is 0 Å². The van der Waals surface area contributed by atoms with Crippen molar-refractivity contribution in [3.63, 3.8) is 0 Å². The summed E-state index contributed by atoms with van der Waals surface area (Å²) in [7, 11) is 0. The van der Waals surface area contributed by atoms with Crippen molar-refractivity contribution in [3.8, 4) is 0 Å². The molecule has 0 bridgehead atoms. The van der Waals surface area contributed by atoms with E-state index in [4.69, 9.17) is 16.3 Å². The zero-order valence-corrected chi connectivity index (χ0v) is 7.91. The summed E-state index contributed by atoms with van der Waals surface area (Å²) in [6, 6.07) is 0. The van der Waals surface area contributed by atoms with Gasteiger partial charge in [0.1, 0.15) is 0 Å². The third kappa shape index (κ3) is 3.34. The van der Waals surface area contributed by atoms with Gasteiger partial charge in [0.25, 0.3) is 0 Å². The average Bonchev–Trinajstić information content (AvgIpc) is 2.29. The van der Waals surface area contributed by atoms with E-state index in [1.54, 1.807) is 37.6 Å². The van der Waals surface area contributed by atoms with Crippen LogP contribution < -0.4 is 5.32 Å². The van der Waals surface area contributed by atoms with E-state index in [0.29, 0.717) is 5.57 Å². The van der Waals surface area contributed by atoms with Crippen molar-refractivity contribution in [3.05, 3.63) is 36.2 Å². The van der Waals surface area contributed by atoms with Crippen molar-refractivity contribution < 1.29 is 9.53 Å². The Balaban J connectivity index is 2.61. The highest BCUT2D eigenvalue weighted by atomic mass is 35.5. The Morgan fingerprint density at radius 2 is 2.38 bits per heavy atom. The van der Waals surface area contributed by atoms with Crippen LogP contribution in [0.3, 0.4) is 0 Å². The van der Waals surface area contributed by atoms with Crippen molar-refractivity contribution in [2.45, 2.75) is 12.5 Å². The first-order chi connectivity index (χ1) is 6.20. The number of ether oxygens (including phenoxy) is 1. The van der Waals surface area contributed by atoms with E-state index in [1.807, 2.05) is 0 Å². The fraction of sp³-hybridized carbons (Fsp3) is 0.222. The Kier molecular flexibility index (Phi) is 3.58. The number of carbonyl (C=O) groups excluding carboxylic acids is 1. The van der Waals surface area contributed by atoms with Gasteiger partial charge in [-0.25, -0.2) is 4.79 Å². The first kappa shape index (κ1) is 9.86. The van der Waals surface area contributed by atoms with Crippen LogP contribution in [0.5, 0.6) is 0 Å². The van der Waals surface area contributed by atoms with E-state index in [2.05, 4.69) is 5.32 Å². The Bertz CT molecular complexity index is 279. The summed E-state index contributed by atoms with van der Waals surface area (Å²) in [4.78, 5) is 11.3. The lowest BCUT2D eigenvalue weighted by Crippen LogP contribution is -2.12. The smallest absolute Gasteiger partial charge is 0.341 e. The molecule has 4 heteroatoms. The average molecular weight is 200 g/mol. The van der Waals surface area contributed by atoms with Gasteiger partial charge < -0.3 is 10.1 Å². The van der Waals surface area contributed by atoms with Gasteiger partial charge in [-0.3, -0.25) is 0 Å². The Hall–Kier alpha value is -1.22. The fourth-order valence-electron chi connectivity index (χ4n) is 0.799. The lowest BCUT2D eigenvalue weighted by Gasteiger charge is -2.05. The second kappa shape index (κ2) is 4.72. The summed E-state index contributed by atoms with van der Waals surface area (Å²) in [5.41, 5.74) is -0.171. The van der Waals surface area contributed by atoms with Gasteiger partial charge in [0.05, 0.1) is 5.57 Å². The highest BCUT2D eigenvalue weighted by molar-refractivity contribution is 6.20. The number of hydrogen-bond donors (Lipinski definition) is 1. The van der Waals surface area contributed by atoms with Crippen molar-refractivity contribution in [1.82, 2.24) is 5.32 Å². The maximum atomic E-state index is 11.3. The van der Waals surface area contributed by atoms with Crippen LogP contribution >= 0.6 is 11.6 Å². The standard InChI is InChI=1S/C9H10ClNO2/c1-7(10)13-9(12)8-4-2-3-5-11-6-8/h2-7,11H,1H3. The molecular weight excluding hydrogens is 190 g/mol. The summed E-state index contributed by atoms with van der Waals surface area (Å²) < 4.78 is 4.78. The Labute approximate surface area is 81.7 Å². The first-order valence-corrected chi connectivity index (χ1v) is 4.28. The largest absolute Gasteiger partial charge is 0.443 e. The summed E-state index contributed by atoms with van der Waals surface area (Å²) in [6.07, 6.45) is 8.44. The molecule has 1 aliphatic rings. The molecule has 0 aromatic rings. The first-order valence-electron chi connectivity index (χ1n) is 3.84. The lowest BCUT2D eigenvalue weighted by molar-refractivity contribution is -0.139. The molecule has 0 aromatic carbocycles. The van der Waals surface area contributed by atoms with Crippen LogP contribution in [0.4, 0.5) is 0 Å². The quantitative estimate of drug-likeness (QED) is 0.543. The molecule has 0 saturated carbocycles. The number of hydrogen-bond acceptors (Lipinski definition) is 3. The summed E-state index contributed by atoms with van der Waals surface area (Å²) >= 11 is 5.50. The molecule has 1 aliphatic heterocycles. The fourth-order valence-corrected chi connectivity index (χ4v) is 0.880. The molecule has 1 rings (SSSR count). The van der Waals surface area contributed by atoms with Crippen LogP contribution in [0.15, 0.2) is 36.2 Å². The van der Waals surface area contributed by atoms with E-state index in [9.17, 15) is 4.79 Å². The minimum atomic E-state index is -0.613. The number of halogens is 1. The molecule has 0 aliphatic carbocycles. The highest BCUT2D eigenvalue weighted by Crippen LogP contribution is 2.06. The Morgan fingerprint density at radius 3 is 3.08 bits per heavy atom. The van der Waals surface area contributed by atoms with Gasteiger partial charge in [0.15, 0.2) is 5.56 Å². The number of rotatable bonds is 2. The second-order valence-corrected chi connectivity index (χ2v) is 3.05. The molecule has 0 saturated heterocycles. The number of alkyl halides is 1. The van der Waals surface area contributed by atoms with E-state index in [-0.39, 0.29) is 0 Å². The van der Waals surface area contributed by atoms with Crippen LogP contribution in [-0.2, 0) is 9.53 Å². The lowest BCUT2D eigenvalue weighted by atomic mass is 10.3. The molecule has 0 fully saturated rings. The van der Waals surface area contributed by atoms with Gasteiger partial charge in [0.2, 0.25) is 0 Å². The molecule has 70 valence electrons. The summed E-state index contributed by atoms with van der Waals surface area (Å²) in [5, 5.41) is 2.80. The van der Waals surface area contributed by atoms with Crippen molar-refractivity contribution in [1.29, 1.82) is 0 Å². The molecule has 13 heavy (non-hydrogen) atoms. The zero-order valence-electron chi connectivity index (χ0n) is 7.16. The van der Waals surface area contributed by atoms with Crippen LogP contribution in [0, 0.1) is 0 Å². The van der Waals surface area contributed by atoms with Crippen LogP contribution in [-0.4, -0.2) is 11.5 Å². The minimum Gasteiger partial charge on any atom is -0.443 e. The van der Waals surface area contributed by atoms with Crippen molar-refractivity contribution in [2.24, 2.45) is 0 Å². The van der Waals surface area contributed by atoms with E-state index in [1.165, 1.54) is 0 Å². The van der Waals surface area contributed by atoms with Crippen LogP contribution in [0.1, 0.15) is 6.92 Å². The van der Waals surface area contributed by atoms with Crippen molar-refractivity contribution in [2.75, 3.05) is 0 Å². The van der Waals surface area contributed by atoms with Gasteiger partial charge in [-0.05, 0) is 19.1 Å². The van der Waals surface area contributed by atoms with Crippen molar-refractivity contribution >= 4 is 17.6 Å². The van der Waals surface area contributed by atoms with E-state index in [0.717, 1.165) is 0 Å². The predicted molar refractivity (Wildman–Crippen MR) is 50.9 cm³/mol. The third-order valence-electron chi connectivity index (χ3n) is 1.32. The van der Waals surface area contributed by atoms with Crippen LogP contribution in [0.25, 0.3) is 0 Å². The second-order valence-electron chi connectivity index (χ2n) is 2.43. The number of allylic oxidation sites excluding steroid dienone is 2. The number of nitrogens with one attached hydrogen (secondary N) is 1. The molecule has 0 spiro atoms. The molecule has 3 nitrogen and oxygen atoms in total. The monoisotopic (exact) mass is 199 g/mol. The van der Waals surface area contributed by atoms with Gasteiger partial charge in [-0.2, -0.15) is 0 Å². The zero-order chi connectivity index (χ0) is 9.68. The van der Waals surface area contributed by atoms with Gasteiger partial charge >= 0.3 is 5.97 Å². The van der Waals surface area contributed by atoms with E-state index < -0.39 is 11.5 Å². The SMILES string of the molecule is CC(Cl)OC(=O)C1=CNC=CC=C1. The van der Waals surface area contributed by atoms with Gasteiger partial charge in [0, 0.05) is 12.4 Å². The predicted octanol–water partition coefficient (Wildman–Crippen LogP) is 1.67. The van der Waals surface area contributed by atoms with Crippen LogP contribution in [0.2, 0.25) is 0 Å². The topological polar surface area (TPSA) is 38.3 Å². The molecule has 0 aromatic heterocycles. The molecule has 1 atom stereocenters. The molecular formula is C9H10ClNO2. The summed E-state index contributed by atoms with van der Waals surface area (Å²) in [6.45, 7) is 1.59. The maximum Gasteiger partial charge on any atom is 0.341 e. The minimum absolute atomic E-state index is 0.435. The van der Waals surface area contributed by atoms with Gasteiger partial charge in [-0.15, -0.1) is 0 Å². The third-order valence-corrected chi connectivity index (χ3v) is 1.41. The molecule has 1 heterocycles. The normalized spacial score (nSPS) is 16.9. The molecule has 0 amide bonds. The molecule has 1 N–H and O–H groups in total. The summed E-state index contributed by atoms with van der Waals surface area (Å²) in [5.74, 6) is -0.435. The maximum absolute atomic E-state index is 11.3. The molecule has 1 unspecified atom stereocenters. The number of carbonyl (C=O) groups is 1. The van der Waals surface area contributed by atoms with Gasteiger partial charge in [-0.1, -0.05) is 17.7 Å².